The zero-order chi connectivity index (χ0) is 23.5. The maximum atomic E-state index is 13.6. The number of aryl methyl sites for hydroxylation is 4. The van der Waals surface area contributed by atoms with Crippen LogP contribution in [0.1, 0.15) is 40.8 Å². The molecular formula is C26H30N2O3S. The van der Waals surface area contributed by atoms with Crippen LogP contribution in [-0.4, -0.2) is 20.9 Å². The summed E-state index contributed by atoms with van der Waals surface area (Å²) < 4.78 is 28.3. The van der Waals surface area contributed by atoms with Crippen molar-refractivity contribution in [2.75, 3.05) is 10.8 Å². The lowest BCUT2D eigenvalue weighted by Crippen LogP contribution is -2.42. The van der Waals surface area contributed by atoms with E-state index in [2.05, 4.69) is 5.32 Å². The van der Waals surface area contributed by atoms with E-state index in [0.29, 0.717) is 5.69 Å². The van der Waals surface area contributed by atoms with Gasteiger partial charge in [0.25, 0.3) is 10.0 Å². The topological polar surface area (TPSA) is 66.5 Å². The Morgan fingerprint density at radius 1 is 0.844 bits per heavy atom. The van der Waals surface area contributed by atoms with Gasteiger partial charge in [-0.15, -0.1) is 0 Å². The molecule has 0 saturated carbocycles. The van der Waals surface area contributed by atoms with E-state index < -0.39 is 10.0 Å². The summed E-state index contributed by atoms with van der Waals surface area (Å²) in [5, 5.41) is 2.93. The maximum absolute atomic E-state index is 13.6. The fourth-order valence-corrected chi connectivity index (χ4v) is 5.06. The Balaban J connectivity index is 1.92. The minimum absolute atomic E-state index is 0.155. The maximum Gasteiger partial charge on any atom is 0.264 e. The zero-order valence-corrected chi connectivity index (χ0v) is 20.0. The summed E-state index contributed by atoms with van der Waals surface area (Å²) in [6.45, 7) is 9.29. The van der Waals surface area contributed by atoms with Crippen LogP contribution in [0, 0.1) is 27.7 Å². The molecule has 0 aromatic heterocycles. The number of hydrogen-bond donors (Lipinski definition) is 1. The molecule has 0 unspecified atom stereocenters. The summed E-state index contributed by atoms with van der Waals surface area (Å²) in [6.07, 6.45) is 0. The number of amides is 1. The van der Waals surface area contributed by atoms with Crippen LogP contribution in [0.25, 0.3) is 0 Å². The second-order valence-electron chi connectivity index (χ2n) is 8.31. The fourth-order valence-electron chi connectivity index (χ4n) is 3.58. The molecule has 0 saturated heterocycles. The highest BCUT2D eigenvalue weighted by Crippen LogP contribution is 2.28. The van der Waals surface area contributed by atoms with Crippen LogP contribution in [0.3, 0.4) is 0 Å². The van der Waals surface area contributed by atoms with E-state index >= 15 is 0 Å². The van der Waals surface area contributed by atoms with Gasteiger partial charge in [0, 0.05) is 0 Å². The lowest BCUT2D eigenvalue weighted by Gasteiger charge is -2.26. The van der Waals surface area contributed by atoms with Gasteiger partial charge in [-0.2, -0.15) is 0 Å². The number of benzene rings is 3. The highest BCUT2D eigenvalue weighted by molar-refractivity contribution is 7.92. The van der Waals surface area contributed by atoms with Crippen molar-refractivity contribution in [1.29, 1.82) is 0 Å². The van der Waals surface area contributed by atoms with Gasteiger partial charge in [-0.1, -0.05) is 65.2 Å². The van der Waals surface area contributed by atoms with Crippen LogP contribution in [0.2, 0.25) is 0 Å². The van der Waals surface area contributed by atoms with E-state index in [-0.39, 0.29) is 23.4 Å². The third-order valence-corrected chi connectivity index (χ3v) is 7.25. The highest BCUT2D eigenvalue weighted by Gasteiger charge is 2.28. The molecule has 5 nitrogen and oxygen atoms in total. The lowest BCUT2D eigenvalue weighted by molar-refractivity contribution is -0.120. The van der Waals surface area contributed by atoms with Gasteiger partial charge in [-0.05, 0) is 63.9 Å². The number of sulfonamides is 1. The largest absolute Gasteiger partial charge is 0.348 e. The third kappa shape index (κ3) is 5.37. The molecule has 3 aromatic rings. The molecule has 3 rings (SSSR count). The minimum atomic E-state index is -3.93. The average molecular weight is 451 g/mol. The summed E-state index contributed by atoms with van der Waals surface area (Å²) in [5.41, 5.74) is 5.37. The van der Waals surface area contributed by atoms with Crippen LogP contribution in [0.4, 0.5) is 5.69 Å². The molecule has 0 aliphatic carbocycles. The minimum Gasteiger partial charge on any atom is -0.348 e. The number of hydrogen-bond acceptors (Lipinski definition) is 3. The number of nitrogens with zero attached hydrogens (tertiary/aromatic N) is 1. The van der Waals surface area contributed by atoms with E-state index in [1.165, 1.54) is 4.31 Å². The summed E-state index contributed by atoms with van der Waals surface area (Å²) >= 11 is 0. The molecule has 1 atom stereocenters. The molecule has 0 radical (unpaired) electrons. The van der Waals surface area contributed by atoms with Crippen molar-refractivity contribution in [3.05, 3.63) is 94.5 Å². The first-order valence-electron chi connectivity index (χ1n) is 10.6. The number of carbonyl (C=O) groups is 1. The predicted molar refractivity (Wildman–Crippen MR) is 129 cm³/mol. The monoisotopic (exact) mass is 450 g/mol. The van der Waals surface area contributed by atoms with Crippen LogP contribution in [0.5, 0.6) is 0 Å². The van der Waals surface area contributed by atoms with Gasteiger partial charge in [0.1, 0.15) is 6.54 Å². The van der Waals surface area contributed by atoms with Gasteiger partial charge >= 0.3 is 0 Å². The van der Waals surface area contributed by atoms with Gasteiger partial charge in [-0.25, -0.2) is 8.42 Å². The van der Waals surface area contributed by atoms with E-state index in [1.807, 2.05) is 71.0 Å². The summed E-state index contributed by atoms with van der Waals surface area (Å²) in [6, 6.07) is 19.9. The van der Waals surface area contributed by atoms with Crippen molar-refractivity contribution in [3.8, 4) is 0 Å². The Morgan fingerprint density at radius 3 is 1.94 bits per heavy atom. The Labute approximate surface area is 191 Å². The van der Waals surface area contributed by atoms with E-state index in [0.717, 1.165) is 27.8 Å². The lowest BCUT2D eigenvalue weighted by atomic mass is 10.1. The molecule has 6 heteroatoms. The molecule has 0 aliphatic heterocycles. The van der Waals surface area contributed by atoms with E-state index in [4.69, 9.17) is 0 Å². The van der Waals surface area contributed by atoms with Gasteiger partial charge in [-0.3, -0.25) is 9.10 Å². The van der Waals surface area contributed by atoms with Crippen molar-refractivity contribution in [2.24, 2.45) is 0 Å². The first-order chi connectivity index (χ1) is 15.1. The van der Waals surface area contributed by atoms with Crippen LogP contribution in [-0.2, 0) is 14.8 Å². The van der Waals surface area contributed by atoms with E-state index in [9.17, 15) is 13.2 Å². The smallest absolute Gasteiger partial charge is 0.264 e. The standard InChI is InChI=1S/C26H30N2O3S/c1-18-6-11-23(12-7-18)22(5)27-26(29)17-28(25-15-10-20(3)16-21(25)4)32(30,31)24-13-8-19(2)9-14-24/h6-16,22H,17H2,1-5H3,(H,27,29)/t22-/m0/s1. The number of nitrogens with one attached hydrogen (secondary N) is 1. The second kappa shape index (κ2) is 9.57. The van der Waals surface area contributed by atoms with E-state index in [1.54, 1.807) is 30.3 Å². The first-order valence-corrected chi connectivity index (χ1v) is 12.0. The second-order valence-corrected chi connectivity index (χ2v) is 10.2. The van der Waals surface area contributed by atoms with Crippen molar-refractivity contribution < 1.29 is 13.2 Å². The molecule has 1 N–H and O–H groups in total. The van der Waals surface area contributed by atoms with Gasteiger partial charge in [0.15, 0.2) is 0 Å². The zero-order valence-electron chi connectivity index (χ0n) is 19.2. The first kappa shape index (κ1) is 23.5. The quantitative estimate of drug-likeness (QED) is 0.551. The Bertz CT molecular complexity index is 1200. The molecule has 3 aromatic carbocycles. The van der Waals surface area contributed by atoms with Crippen molar-refractivity contribution in [2.45, 2.75) is 45.6 Å². The Morgan fingerprint density at radius 2 is 1.38 bits per heavy atom. The summed E-state index contributed by atoms with van der Waals surface area (Å²) in [7, 11) is -3.93. The van der Waals surface area contributed by atoms with Gasteiger partial charge in [0.05, 0.1) is 16.6 Å². The number of rotatable bonds is 7. The summed E-state index contributed by atoms with van der Waals surface area (Å²) in [5.74, 6) is -0.367. The fraction of sp³-hybridized carbons (Fsp3) is 0.269. The van der Waals surface area contributed by atoms with Gasteiger partial charge < -0.3 is 5.32 Å². The normalized spacial score (nSPS) is 12.3. The number of anilines is 1. The molecular weight excluding hydrogens is 420 g/mol. The molecule has 0 spiro atoms. The molecule has 0 bridgehead atoms. The summed E-state index contributed by atoms with van der Waals surface area (Å²) in [4.78, 5) is 13.1. The van der Waals surface area contributed by atoms with Crippen molar-refractivity contribution in [3.63, 3.8) is 0 Å². The third-order valence-electron chi connectivity index (χ3n) is 5.47. The van der Waals surface area contributed by atoms with Gasteiger partial charge in [0.2, 0.25) is 5.91 Å². The number of carbonyl (C=O) groups excluding carboxylic acids is 1. The predicted octanol–water partition coefficient (Wildman–Crippen LogP) is 4.99. The molecule has 1 amide bonds. The average Bonchev–Trinajstić information content (AvgIpc) is 2.73. The molecule has 0 fully saturated rings. The molecule has 0 heterocycles. The van der Waals surface area contributed by atoms with Crippen LogP contribution in [0.15, 0.2) is 71.6 Å². The SMILES string of the molecule is Cc1ccc([C@H](C)NC(=O)CN(c2ccc(C)cc2C)S(=O)(=O)c2ccc(C)cc2)cc1. The van der Waals surface area contributed by atoms with Crippen molar-refractivity contribution >= 4 is 21.6 Å². The molecule has 0 aliphatic rings. The Kier molecular flexibility index (Phi) is 7.04. The Hall–Kier alpha value is -3.12. The highest BCUT2D eigenvalue weighted by atomic mass is 32.2. The van der Waals surface area contributed by atoms with Crippen molar-refractivity contribution in [1.82, 2.24) is 5.32 Å². The van der Waals surface area contributed by atoms with Crippen LogP contribution >= 0.6 is 0 Å². The molecule has 168 valence electrons. The van der Waals surface area contributed by atoms with Crippen LogP contribution < -0.4 is 9.62 Å². The molecule has 32 heavy (non-hydrogen) atoms.